The molecular weight excluding hydrogens is 320 g/mol. The molecule has 2 aromatic carbocycles. The molecule has 0 aliphatic heterocycles. The highest BCUT2D eigenvalue weighted by atomic mass is 16.3. The predicted molar refractivity (Wildman–Crippen MR) is 92.7 cm³/mol. The van der Waals surface area contributed by atoms with Crippen molar-refractivity contribution in [3.8, 4) is 23.3 Å². The summed E-state index contributed by atoms with van der Waals surface area (Å²) in [6.07, 6.45) is 2.80. The Morgan fingerprint density at radius 1 is 1.16 bits per heavy atom. The van der Waals surface area contributed by atoms with Crippen molar-refractivity contribution in [3.63, 3.8) is 0 Å². The maximum atomic E-state index is 12.5. The number of hydrogen-bond acceptors (Lipinski definition) is 5. The molecule has 6 nitrogen and oxygen atoms in total. The zero-order chi connectivity index (χ0) is 18.4. The smallest absolute Gasteiger partial charge is 0.247 e. The van der Waals surface area contributed by atoms with Gasteiger partial charge in [-0.3, -0.25) is 4.79 Å². The average molecular weight is 338 g/mol. The Hall–Kier alpha value is -3.46. The molecule has 0 bridgehead atoms. The first-order valence-electron chi connectivity index (χ1n) is 7.59. The molecule has 0 heterocycles. The first-order chi connectivity index (χ1) is 11.9. The number of carbonyl (C=O) groups is 1. The highest BCUT2D eigenvalue weighted by Gasteiger charge is 2.19. The van der Waals surface area contributed by atoms with E-state index in [0.717, 1.165) is 5.56 Å². The third-order valence-corrected chi connectivity index (χ3v) is 3.78. The van der Waals surface area contributed by atoms with Crippen LogP contribution in [0.1, 0.15) is 24.1 Å². The highest BCUT2D eigenvalue weighted by Crippen LogP contribution is 2.26. The topological polar surface area (TPSA) is 105 Å². The molecule has 6 heteroatoms. The molecule has 0 saturated heterocycles. The lowest BCUT2D eigenvalue weighted by molar-refractivity contribution is -0.127. The van der Waals surface area contributed by atoms with Crippen molar-refractivity contribution in [2.75, 3.05) is 6.54 Å². The number of benzene rings is 2. The Balaban J connectivity index is 2.19. The van der Waals surface area contributed by atoms with Gasteiger partial charge >= 0.3 is 0 Å². The van der Waals surface area contributed by atoms with Crippen LogP contribution < -0.4 is 0 Å². The van der Waals surface area contributed by atoms with Crippen molar-refractivity contribution in [3.05, 3.63) is 59.7 Å². The van der Waals surface area contributed by atoms with E-state index in [4.69, 9.17) is 5.26 Å². The molecule has 0 fully saturated rings. The summed E-state index contributed by atoms with van der Waals surface area (Å²) in [6, 6.07) is 12.3. The zero-order valence-electron chi connectivity index (χ0n) is 13.6. The fraction of sp³-hybridized carbons (Fsp3) is 0.158. The molecule has 1 atom stereocenters. The summed E-state index contributed by atoms with van der Waals surface area (Å²) in [5, 5.41) is 37.1. The summed E-state index contributed by atoms with van der Waals surface area (Å²) >= 11 is 0. The molecule has 0 aliphatic carbocycles. The van der Waals surface area contributed by atoms with Crippen LogP contribution in [0.5, 0.6) is 17.2 Å². The molecule has 3 N–H and O–H groups in total. The zero-order valence-corrected chi connectivity index (χ0v) is 13.6. The molecule has 2 rings (SSSR count). The molecule has 0 aliphatic rings. The van der Waals surface area contributed by atoms with Crippen LogP contribution in [0.3, 0.4) is 0 Å². The summed E-state index contributed by atoms with van der Waals surface area (Å²) in [5.41, 5.74) is 1.33. The second-order valence-corrected chi connectivity index (χ2v) is 5.47. The van der Waals surface area contributed by atoms with Gasteiger partial charge in [-0.1, -0.05) is 18.2 Å². The van der Waals surface area contributed by atoms with E-state index in [1.807, 2.05) is 6.07 Å². The van der Waals surface area contributed by atoms with Crippen molar-refractivity contribution in [1.82, 2.24) is 4.90 Å². The minimum absolute atomic E-state index is 0.0912. The van der Waals surface area contributed by atoms with Crippen LogP contribution in [-0.2, 0) is 4.79 Å². The molecule has 0 spiro atoms. The van der Waals surface area contributed by atoms with Gasteiger partial charge in [0.1, 0.15) is 12.3 Å². The lowest BCUT2D eigenvalue weighted by Crippen LogP contribution is -2.32. The monoisotopic (exact) mass is 338 g/mol. The van der Waals surface area contributed by atoms with Gasteiger partial charge in [0, 0.05) is 6.08 Å². The quantitative estimate of drug-likeness (QED) is 0.442. The standard InChI is InChI=1S/C19H18N2O4/c1-13(15-4-6-16(22)7-5-15)21(11-10-20)19(25)9-3-14-2-8-17(23)18(24)12-14/h2-9,12-13,22-24H,11H2,1H3/b9-3+. The van der Waals surface area contributed by atoms with Gasteiger partial charge < -0.3 is 20.2 Å². The highest BCUT2D eigenvalue weighted by molar-refractivity contribution is 5.92. The molecule has 0 saturated carbocycles. The normalized spacial score (nSPS) is 11.8. The van der Waals surface area contributed by atoms with E-state index in [2.05, 4.69) is 0 Å². The number of phenols is 3. The Morgan fingerprint density at radius 2 is 1.84 bits per heavy atom. The second kappa shape index (κ2) is 7.88. The molecule has 1 unspecified atom stereocenters. The molecular formula is C19H18N2O4. The van der Waals surface area contributed by atoms with Crippen LogP contribution in [0.25, 0.3) is 6.08 Å². The first kappa shape index (κ1) is 17.9. The lowest BCUT2D eigenvalue weighted by atomic mass is 10.1. The van der Waals surface area contributed by atoms with Gasteiger partial charge in [0.25, 0.3) is 0 Å². The second-order valence-electron chi connectivity index (χ2n) is 5.47. The van der Waals surface area contributed by atoms with Crippen molar-refractivity contribution in [2.45, 2.75) is 13.0 Å². The number of nitriles is 1. The lowest BCUT2D eigenvalue weighted by Gasteiger charge is -2.26. The van der Waals surface area contributed by atoms with Gasteiger partial charge in [0.15, 0.2) is 11.5 Å². The number of amides is 1. The first-order valence-corrected chi connectivity index (χ1v) is 7.59. The van der Waals surface area contributed by atoms with E-state index in [0.29, 0.717) is 5.56 Å². The van der Waals surface area contributed by atoms with Crippen LogP contribution in [0.2, 0.25) is 0 Å². The molecule has 25 heavy (non-hydrogen) atoms. The number of nitrogens with zero attached hydrogens (tertiary/aromatic N) is 2. The Labute approximate surface area is 145 Å². The summed E-state index contributed by atoms with van der Waals surface area (Å²) < 4.78 is 0. The molecule has 1 amide bonds. The molecule has 128 valence electrons. The largest absolute Gasteiger partial charge is 0.508 e. The average Bonchev–Trinajstić information content (AvgIpc) is 2.60. The Morgan fingerprint density at radius 3 is 2.44 bits per heavy atom. The van der Waals surface area contributed by atoms with Gasteiger partial charge in [-0.15, -0.1) is 0 Å². The summed E-state index contributed by atoms with van der Waals surface area (Å²) in [4.78, 5) is 13.9. The number of rotatable bonds is 5. The Kier molecular flexibility index (Phi) is 5.64. The van der Waals surface area contributed by atoms with E-state index >= 15 is 0 Å². The maximum Gasteiger partial charge on any atom is 0.247 e. The minimum atomic E-state index is -0.366. The number of aromatic hydroxyl groups is 3. The predicted octanol–water partition coefficient (Wildman–Crippen LogP) is 2.93. The minimum Gasteiger partial charge on any atom is -0.508 e. The van der Waals surface area contributed by atoms with Gasteiger partial charge in [-0.2, -0.15) is 5.26 Å². The number of hydrogen-bond donors (Lipinski definition) is 3. The van der Waals surface area contributed by atoms with E-state index in [-0.39, 0.29) is 35.7 Å². The summed E-state index contributed by atoms with van der Waals surface area (Å²) in [5.74, 6) is -0.757. The van der Waals surface area contributed by atoms with Crippen LogP contribution in [0.4, 0.5) is 0 Å². The molecule has 0 radical (unpaired) electrons. The fourth-order valence-electron chi connectivity index (χ4n) is 2.32. The van der Waals surface area contributed by atoms with E-state index in [1.54, 1.807) is 25.1 Å². The van der Waals surface area contributed by atoms with E-state index in [9.17, 15) is 20.1 Å². The maximum absolute atomic E-state index is 12.5. The summed E-state index contributed by atoms with van der Waals surface area (Å²) in [6.45, 7) is 1.70. The van der Waals surface area contributed by atoms with Gasteiger partial charge in [0.2, 0.25) is 5.91 Å². The van der Waals surface area contributed by atoms with Crippen molar-refractivity contribution in [2.24, 2.45) is 0 Å². The summed E-state index contributed by atoms with van der Waals surface area (Å²) in [7, 11) is 0. The molecule has 2 aromatic rings. The van der Waals surface area contributed by atoms with Crippen LogP contribution in [-0.4, -0.2) is 32.7 Å². The van der Waals surface area contributed by atoms with Crippen LogP contribution in [0.15, 0.2) is 48.5 Å². The van der Waals surface area contributed by atoms with Crippen molar-refractivity contribution >= 4 is 12.0 Å². The van der Waals surface area contributed by atoms with E-state index in [1.165, 1.54) is 41.3 Å². The number of carbonyl (C=O) groups excluding carboxylic acids is 1. The van der Waals surface area contributed by atoms with Gasteiger partial charge in [0.05, 0.1) is 12.1 Å². The number of phenolic OH excluding ortho intramolecular Hbond substituents is 3. The SMILES string of the molecule is CC(c1ccc(O)cc1)N(CC#N)C(=O)/C=C/c1ccc(O)c(O)c1. The van der Waals surface area contributed by atoms with E-state index < -0.39 is 0 Å². The Bertz CT molecular complexity index is 822. The van der Waals surface area contributed by atoms with Gasteiger partial charge in [-0.25, -0.2) is 0 Å². The van der Waals surface area contributed by atoms with Crippen LogP contribution in [0, 0.1) is 11.3 Å². The fourth-order valence-corrected chi connectivity index (χ4v) is 2.32. The van der Waals surface area contributed by atoms with Crippen molar-refractivity contribution in [1.29, 1.82) is 5.26 Å². The van der Waals surface area contributed by atoms with Gasteiger partial charge in [-0.05, 0) is 48.4 Å². The third-order valence-electron chi connectivity index (χ3n) is 3.78. The van der Waals surface area contributed by atoms with Crippen molar-refractivity contribution < 1.29 is 20.1 Å². The third kappa shape index (κ3) is 4.52. The van der Waals surface area contributed by atoms with Crippen LogP contribution >= 0.6 is 0 Å². The molecule has 0 aromatic heterocycles.